The topological polar surface area (TPSA) is 78.2 Å². The van der Waals surface area contributed by atoms with Crippen molar-refractivity contribution in [2.24, 2.45) is 5.11 Å². The third kappa shape index (κ3) is 5.80. The number of rotatable bonds is 7. The van der Waals surface area contributed by atoms with Crippen molar-refractivity contribution in [2.45, 2.75) is 45.3 Å². The molecule has 5 heteroatoms. The Kier molecular flexibility index (Phi) is 6.28. The summed E-state index contributed by atoms with van der Waals surface area (Å²) in [5.41, 5.74) is 7.27. The van der Waals surface area contributed by atoms with Gasteiger partial charge in [0.2, 0.25) is 0 Å². The molecule has 0 heterocycles. The van der Waals surface area contributed by atoms with E-state index in [0.717, 1.165) is 12.8 Å². The van der Waals surface area contributed by atoms with Crippen LogP contribution in [0.2, 0.25) is 0 Å². The van der Waals surface area contributed by atoms with Gasteiger partial charge in [0.1, 0.15) is 0 Å². The number of hydrogen-bond donors (Lipinski definition) is 1. The first-order valence-electron chi connectivity index (χ1n) is 4.86. The molecule has 1 unspecified atom stereocenters. The Hall–Kier alpha value is -0.770. The molecule has 0 aliphatic heterocycles. The van der Waals surface area contributed by atoms with Gasteiger partial charge in [-0.2, -0.15) is 0 Å². The lowest BCUT2D eigenvalue weighted by Gasteiger charge is -2.24. The number of hydrogen-bond acceptors (Lipinski definition) is 3. The normalized spacial score (nSPS) is 13.4. The Morgan fingerprint density at radius 2 is 2.21 bits per heavy atom. The molecule has 1 N–H and O–H groups in total. The van der Waals surface area contributed by atoms with E-state index in [9.17, 15) is 5.11 Å². The first kappa shape index (κ1) is 13.2. The highest BCUT2D eigenvalue weighted by Crippen LogP contribution is 2.13. The predicted molar refractivity (Wildman–Crippen MR) is 55.0 cm³/mol. The van der Waals surface area contributed by atoms with Crippen LogP contribution in [-0.4, -0.2) is 30.0 Å². The Morgan fingerprint density at radius 3 is 2.64 bits per heavy atom. The minimum Gasteiger partial charge on any atom is -0.390 e. The molecule has 82 valence electrons. The van der Waals surface area contributed by atoms with Gasteiger partial charge in [-0.15, -0.1) is 0 Å². The van der Waals surface area contributed by atoms with Gasteiger partial charge in [-0.3, -0.25) is 0 Å². The average molecular weight is 201 g/mol. The molecule has 0 aliphatic rings. The summed E-state index contributed by atoms with van der Waals surface area (Å²) in [6.07, 6.45) is 2.05. The zero-order valence-corrected chi connectivity index (χ0v) is 9.10. The number of nitrogens with zero attached hydrogens (tertiary/aromatic N) is 3. The molecule has 14 heavy (non-hydrogen) atoms. The van der Waals surface area contributed by atoms with E-state index in [-0.39, 0.29) is 6.61 Å². The second-order valence-electron chi connectivity index (χ2n) is 3.80. The summed E-state index contributed by atoms with van der Waals surface area (Å²) in [5.74, 6) is 0. The van der Waals surface area contributed by atoms with Crippen LogP contribution in [0.1, 0.15) is 33.6 Å². The Morgan fingerprint density at radius 1 is 1.57 bits per heavy atom. The first-order valence-corrected chi connectivity index (χ1v) is 4.86. The largest absolute Gasteiger partial charge is 0.390 e. The zero-order chi connectivity index (χ0) is 11.0. The molecule has 0 spiro atoms. The predicted octanol–water partition coefficient (Wildman–Crippen LogP) is 2.25. The van der Waals surface area contributed by atoms with Gasteiger partial charge in [-0.05, 0) is 25.8 Å². The van der Waals surface area contributed by atoms with Crippen LogP contribution in [0.3, 0.4) is 0 Å². The molecule has 1 atom stereocenters. The van der Waals surface area contributed by atoms with Gasteiger partial charge in [0.05, 0.1) is 18.2 Å². The van der Waals surface area contributed by atoms with Gasteiger partial charge in [-0.25, -0.2) is 0 Å². The fraction of sp³-hybridized carbons (Fsp3) is 1.00. The van der Waals surface area contributed by atoms with Crippen LogP contribution in [-0.2, 0) is 4.74 Å². The summed E-state index contributed by atoms with van der Waals surface area (Å²) in [7, 11) is 0. The van der Waals surface area contributed by atoms with E-state index in [1.54, 1.807) is 13.8 Å². The van der Waals surface area contributed by atoms with Gasteiger partial charge in [0, 0.05) is 11.5 Å². The second-order valence-corrected chi connectivity index (χ2v) is 3.80. The highest BCUT2D eigenvalue weighted by atomic mass is 16.5. The second kappa shape index (κ2) is 6.65. The molecule has 0 aromatic rings. The SMILES string of the molecule is CCCCOCC(N=[N+]=[N-])C(C)(C)O. The van der Waals surface area contributed by atoms with E-state index in [2.05, 4.69) is 16.9 Å². The fourth-order valence-electron chi connectivity index (χ4n) is 0.882. The van der Waals surface area contributed by atoms with Crippen molar-refractivity contribution in [3.8, 4) is 0 Å². The number of aliphatic hydroxyl groups is 1. The molecule has 5 nitrogen and oxygen atoms in total. The Labute approximate surface area is 84.7 Å². The van der Waals surface area contributed by atoms with Crippen LogP contribution >= 0.6 is 0 Å². The summed E-state index contributed by atoms with van der Waals surface area (Å²) in [6, 6.07) is -0.524. The molecule has 0 bridgehead atoms. The summed E-state index contributed by atoms with van der Waals surface area (Å²) in [5, 5.41) is 13.1. The van der Waals surface area contributed by atoms with E-state index in [4.69, 9.17) is 10.3 Å². The number of ether oxygens (including phenoxy) is 1. The third-order valence-electron chi connectivity index (χ3n) is 1.92. The van der Waals surface area contributed by atoms with Gasteiger partial charge in [0.15, 0.2) is 0 Å². The van der Waals surface area contributed by atoms with E-state index in [1.807, 2.05) is 0 Å². The van der Waals surface area contributed by atoms with Crippen molar-refractivity contribution in [3.63, 3.8) is 0 Å². The van der Waals surface area contributed by atoms with E-state index in [0.29, 0.717) is 6.61 Å². The number of unbranched alkanes of at least 4 members (excludes halogenated alkanes) is 1. The highest BCUT2D eigenvalue weighted by Gasteiger charge is 2.25. The smallest absolute Gasteiger partial charge is 0.0889 e. The molecule has 0 saturated carbocycles. The minimum absolute atomic E-state index is 0.271. The summed E-state index contributed by atoms with van der Waals surface area (Å²) >= 11 is 0. The van der Waals surface area contributed by atoms with Crippen LogP contribution in [0.5, 0.6) is 0 Å². The van der Waals surface area contributed by atoms with Gasteiger partial charge < -0.3 is 9.84 Å². The first-order chi connectivity index (χ1) is 6.52. The third-order valence-corrected chi connectivity index (χ3v) is 1.92. The molecule has 0 fully saturated rings. The summed E-state index contributed by atoms with van der Waals surface area (Å²) in [4.78, 5) is 2.69. The maximum Gasteiger partial charge on any atom is 0.0889 e. The van der Waals surface area contributed by atoms with Crippen LogP contribution < -0.4 is 0 Å². The van der Waals surface area contributed by atoms with Gasteiger partial charge in [-0.1, -0.05) is 18.5 Å². The molecule has 0 rings (SSSR count). The molecule has 0 aromatic carbocycles. The van der Waals surface area contributed by atoms with Gasteiger partial charge in [0.25, 0.3) is 0 Å². The van der Waals surface area contributed by atoms with Gasteiger partial charge >= 0.3 is 0 Å². The molecule has 0 saturated heterocycles. The van der Waals surface area contributed by atoms with E-state index in [1.165, 1.54) is 0 Å². The van der Waals surface area contributed by atoms with E-state index < -0.39 is 11.6 Å². The van der Waals surface area contributed by atoms with Crippen molar-refractivity contribution in [1.82, 2.24) is 0 Å². The fourth-order valence-corrected chi connectivity index (χ4v) is 0.882. The molecular weight excluding hydrogens is 182 g/mol. The van der Waals surface area contributed by atoms with Crippen LogP contribution in [0.4, 0.5) is 0 Å². The summed E-state index contributed by atoms with van der Waals surface area (Å²) < 4.78 is 5.29. The van der Waals surface area contributed by atoms with Crippen molar-refractivity contribution < 1.29 is 9.84 Å². The lowest BCUT2D eigenvalue weighted by Crippen LogP contribution is -2.37. The van der Waals surface area contributed by atoms with E-state index >= 15 is 0 Å². The van der Waals surface area contributed by atoms with Crippen molar-refractivity contribution in [2.75, 3.05) is 13.2 Å². The Balaban J connectivity index is 3.93. The maximum atomic E-state index is 9.62. The van der Waals surface area contributed by atoms with Crippen molar-refractivity contribution >= 4 is 0 Å². The monoisotopic (exact) mass is 201 g/mol. The lowest BCUT2D eigenvalue weighted by molar-refractivity contribution is 0.00776. The minimum atomic E-state index is -1.03. The molecule has 0 aliphatic carbocycles. The van der Waals surface area contributed by atoms with Crippen LogP contribution in [0.25, 0.3) is 10.4 Å². The van der Waals surface area contributed by atoms with Crippen molar-refractivity contribution in [1.29, 1.82) is 0 Å². The lowest BCUT2D eigenvalue weighted by atomic mass is 10.0. The average Bonchev–Trinajstić information content (AvgIpc) is 2.08. The molecule has 0 amide bonds. The standard InChI is InChI=1S/C9H19N3O2/c1-4-5-6-14-7-8(11-12-10)9(2,3)13/h8,13H,4-7H2,1-3H3. The van der Waals surface area contributed by atoms with Crippen LogP contribution in [0.15, 0.2) is 5.11 Å². The maximum absolute atomic E-state index is 9.62. The van der Waals surface area contributed by atoms with Crippen molar-refractivity contribution in [3.05, 3.63) is 10.4 Å². The molecule has 0 aromatic heterocycles. The molecular formula is C9H19N3O2. The highest BCUT2D eigenvalue weighted by molar-refractivity contribution is 4.83. The van der Waals surface area contributed by atoms with Crippen LogP contribution in [0, 0.1) is 0 Å². The zero-order valence-electron chi connectivity index (χ0n) is 9.10. The number of azide groups is 1. The quantitative estimate of drug-likeness (QED) is 0.297. The summed E-state index contributed by atoms with van der Waals surface area (Å²) in [6.45, 7) is 6.20. The Bertz CT molecular complexity index is 195. The molecule has 0 radical (unpaired) electrons.